The fourth-order valence-corrected chi connectivity index (χ4v) is 1.59. The quantitative estimate of drug-likeness (QED) is 0.870. The third-order valence-electron chi connectivity index (χ3n) is 3.36. The molecule has 20 heavy (non-hydrogen) atoms. The molecule has 5 heteroatoms. The SMILES string of the molecule is CCC(C)(C)NC(=O)C(C)Nc1cc(F)c(C)cc1F. The van der Waals surface area contributed by atoms with Crippen molar-refractivity contribution in [2.45, 2.75) is 52.6 Å². The fourth-order valence-electron chi connectivity index (χ4n) is 1.59. The molecular formula is C15H22F2N2O. The maximum Gasteiger partial charge on any atom is 0.242 e. The van der Waals surface area contributed by atoms with Gasteiger partial charge in [-0.15, -0.1) is 0 Å². The van der Waals surface area contributed by atoms with Crippen LogP contribution in [0.3, 0.4) is 0 Å². The highest BCUT2D eigenvalue weighted by atomic mass is 19.1. The molecule has 0 fully saturated rings. The predicted octanol–water partition coefficient (Wildman–Crippen LogP) is 3.38. The molecular weight excluding hydrogens is 262 g/mol. The smallest absolute Gasteiger partial charge is 0.242 e. The van der Waals surface area contributed by atoms with E-state index < -0.39 is 17.7 Å². The standard InChI is InChI=1S/C15H22F2N2O/c1-6-15(4,5)19-14(20)10(3)18-13-8-11(16)9(2)7-12(13)17/h7-8,10,18H,6H2,1-5H3,(H,19,20). The molecule has 0 saturated carbocycles. The van der Waals surface area contributed by atoms with E-state index in [1.165, 1.54) is 6.92 Å². The van der Waals surface area contributed by atoms with E-state index in [1.807, 2.05) is 20.8 Å². The summed E-state index contributed by atoms with van der Waals surface area (Å²) >= 11 is 0. The molecule has 2 N–H and O–H groups in total. The highest BCUT2D eigenvalue weighted by Crippen LogP contribution is 2.19. The van der Waals surface area contributed by atoms with Crippen molar-refractivity contribution in [1.82, 2.24) is 5.32 Å². The number of benzene rings is 1. The van der Waals surface area contributed by atoms with E-state index in [-0.39, 0.29) is 22.7 Å². The van der Waals surface area contributed by atoms with Crippen molar-refractivity contribution < 1.29 is 13.6 Å². The van der Waals surface area contributed by atoms with Gasteiger partial charge in [-0.25, -0.2) is 8.78 Å². The van der Waals surface area contributed by atoms with Gasteiger partial charge >= 0.3 is 0 Å². The third kappa shape index (κ3) is 4.18. The lowest BCUT2D eigenvalue weighted by molar-refractivity contribution is -0.123. The Morgan fingerprint density at radius 1 is 1.30 bits per heavy atom. The van der Waals surface area contributed by atoms with Gasteiger partial charge < -0.3 is 10.6 Å². The number of halogens is 2. The van der Waals surface area contributed by atoms with Gasteiger partial charge in [0.25, 0.3) is 0 Å². The molecule has 1 unspecified atom stereocenters. The molecule has 0 aromatic heterocycles. The molecule has 1 aromatic rings. The van der Waals surface area contributed by atoms with Crippen molar-refractivity contribution in [3.05, 3.63) is 29.3 Å². The Bertz CT molecular complexity index is 501. The topological polar surface area (TPSA) is 41.1 Å². The molecule has 0 bridgehead atoms. The summed E-state index contributed by atoms with van der Waals surface area (Å²) in [5.41, 5.74) is -0.105. The van der Waals surface area contributed by atoms with Gasteiger partial charge in [0.05, 0.1) is 5.69 Å². The first-order chi connectivity index (χ1) is 9.16. The number of anilines is 1. The molecule has 1 amide bonds. The summed E-state index contributed by atoms with van der Waals surface area (Å²) in [5.74, 6) is -1.33. The van der Waals surface area contributed by atoms with Crippen LogP contribution in [0.2, 0.25) is 0 Å². The van der Waals surface area contributed by atoms with Gasteiger partial charge in [0.2, 0.25) is 5.91 Å². The van der Waals surface area contributed by atoms with Crippen LogP contribution in [0.5, 0.6) is 0 Å². The summed E-state index contributed by atoms with van der Waals surface area (Å²) in [6.07, 6.45) is 0.777. The van der Waals surface area contributed by atoms with Crippen LogP contribution in [-0.2, 0) is 4.79 Å². The molecule has 0 aliphatic rings. The van der Waals surface area contributed by atoms with Gasteiger partial charge in [0.1, 0.15) is 17.7 Å². The number of carbonyl (C=O) groups excluding carboxylic acids is 1. The van der Waals surface area contributed by atoms with Crippen molar-refractivity contribution in [2.24, 2.45) is 0 Å². The van der Waals surface area contributed by atoms with Crippen LogP contribution in [0.1, 0.15) is 39.7 Å². The zero-order chi connectivity index (χ0) is 15.5. The molecule has 1 rings (SSSR count). The number of rotatable bonds is 5. The van der Waals surface area contributed by atoms with Gasteiger partial charge in [-0.2, -0.15) is 0 Å². The Labute approximate surface area is 118 Å². The minimum Gasteiger partial charge on any atom is -0.371 e. The van der Waals surface area contributed by atoms with Crippen LogP contribution in [-0.4, -0.2) is 17.5 Å². The average Bonchev–Trinajstić information content (AvgIpc) is 2.35. The molecule has 0 aliphatic carbocycles. The predicted molar refractivity (Wildman–Crippen MR) is 76.7 cm³/mol. The Balaban J connectivity index is 2.78. The largest absolute Gasteiger partial charge is 0.371 e. The number of amides is 1. The third-order valence-corrected chi connectivity index (χ3v) is 3.36. The van der Waals surface area contributed by atoms with Crippen molar-refractivity contribution in [3.8, 4) is 0 Å². The lowest BCUT2D eigenvalue weighted by Gasteiger charge is -2.27. The van der Waals surface area contributed by atoms with Crippen molar-refractivity contribution in [3.63, 3.8) is 0 Å². The first-order valence-electron chi connectivity index (χ1n) is 6.70. The fraction of sp³-hybridized carbons (Fsp3) is 0.533. The Morgan fingerprint density at radius 2 is 1.90 bits per heavy atom. The lowest BCUT2D eigenvalue weighted by Crippen LogP contribution is -2.48. The number of carbonyl (C=O) groups is 1. The van der Waals surface area contributed by atoms with Gasteiger partial charge in [-0.05, 0) is 45.7 Å². The molecule has 0 aliphatic heterocycles. The average molecular weight is 284 g/mol. The number of hydrogen-bond acceptors (Lipinski definition) is 2. The van der Waals surface area contributed by atoms with Gasteiger partial charge in [0.15, 0.2) is 0 Å². The van der Waals surface area contributed by atoms with Gasteiger partial charge in [-0.3, -0.25) is 4.79 Å². The van der Waals surface area contributed by atoms with E-state index in [9.17, 15) is 13.6 Å². The van der Waals surface area contributed by atoms with E-state index >= 15 is 0 Å². The second kappa shape index (κ2) is 6.20. The Morgan fingerprint density at radius 3 is 2.45 bits per heavy atom. The summed E-state index contributed by atoms with van der Waals surface area (Å²) in [5, 5.41) is 5.55. The van der Waals surface area contributed by atoms with Gasteiger partial charge in [-0.1, -0.05) is 6.92 Å². The first-order valence-corrected chi connectivity index (χ1v) is 6.70. The lowest BCUT2D eigenvalue weighted by atomic mass is 10.0. The molecule has 1 atom stereocenters. The highest BCUT2D eigenvalue weighted by molar-refractivity contribution is 5.84. The zero-order valence-corrected chi connectivity index (χ0v) is 12.6. The van der Waals surface area contributed by atoms with E-state index in [1.54, 1.807) is 6.92 Å². The number of hydrogen-bond donors (Lipinski definition) is 2. The Kier molecular flexibility index (Phi) is 5.09. The normalized spacial score (nSPS) is 12.9. The van der Waals surface area contributed by atoms with Gasteiger partial charge in [0, 0.05) is 11.6 Å². The van der Waals surface area contributed by atoms with Crippen LogP contribution in [0.15, 0.2) is 12.1 Å². The second-order valence-corrected chi connectivity index (χ2v) is 5.67. The molecule has 112 valence electrons. The highest BCUT2D eigenvalue weighted by Gasteiger charge is 2.22. The summed E-state index contributed by atoms with van der Waals surface area (Å²) in [4.78, 5) is 12.0. The molecule has 1 aromatic carbocycles. The van der Waals surface area contributed by atoms with Crippen LogP contribution in [0, 0.1) is 18.6 Å². The van der Waals surface area contributed by atoms with Crippen molar-refractivity contribution in [2.75, 3.05) is 5.32 Å². The summed E-state index contributed by atoms with van der Waals surface area (Å²) in [6.45, 7) is 8.88. The minimum atomic E-state index is -0.655. The first kappa shape index (κ1) is 16.4. The summed E-state index contributed by atoms with van der Waals surface area (Å²) in [6, 6.07) is 1.52. The number of aryl methyl sites for hydroxylation is 1. The molecule has 0 saturated heterocycles. The molecule has 0 spiro atoms. The second-order valence-electron chi connectivity index (χ2n) is 5.67. The minimum absolute atomic E-state index is 0.00921. The molecule has 0 heterocycles. The van der Waals surface area contributed by atoms with E-state index in [4.69, 9.17) is 0 Å². The number of nitrogens with one attached hydrogen (secondary N) is 2. The zero-order valence-electron chi connectivity index (χ0n) is 12.6. The monoisotopic (exact) mass is 284 g/mol. The van der Waals surface area contributed by atoms with E-state index in [0.29, 0.717) is 0 Å². The van der Waals surface area contributed by atoms with Crippen LogP contribution >= 0.6 is 0 Å². The molecule has 3 nitrogen and oxygen atoms in total. The van der Waals surface area contributed by atoms with Crippen LogP contribution < -0.4 is 10.6 Å². The van der Waals surface area contributed by atoms with Crippen molar-refractivity contribution in [1.29, 1.82) is 0 Å². The van der Waals surface area contributed by atoms with Crippen molar-refractivity contribution >= 4 is 11.6 Å². The maximum atomic E-state index is 13.7. The maximum absolute atomic E-state index is 13.7. The summed E-state index contributed by atoms with van der Waals surface area (Å²) in [7, 11) is 0. The van der Waals surface area contributed by atoms with E-state index in [0.717, 1.165) is 18.6 Å². The van der Waals surface area contributed by atoms with E-state index in [2.05, 4.69) is 10.6 Å². The Hall–Kier alpha value is -1.65. The molecule has 0 radical (unpaired) electrons. The summed E-state index contributed by atoms with van der Waals surface area (Å²) < 4.78 is 27.1. The van der Waals surface area contributed by atoms with Crippen LogP contribution in [0.25, 0.3) is 0 Å². The van der Waals surface area contributed by atoms with Crippen LogP contribution in [0.4, 0.5) is 14.5 Å².